The van der Waals surface area contributed by atoms with Gasteiger partial charge in [0.25, 0.3) is 0 Å². The van der Waals surface area contributed by atoms with Gasteiger partial charge in [-0.05, 0) is 6.92 Å². The third-order valence-electron chi connectivity index (χ3n) is 0.726. The van der Waals surface area contributed by atoms with E-state index in [-0.39, 0.29) is 81.2 Å². The summed E-state index contributed by atoms with van der Waals surface area (Å²) in [6.45, 7) is 1.20. The van der Waals surface area contributed by atoms with Gasteiger partial charge < -0.3 is 26.1 Å². The van der Waals surface area contributed by atoms with Gasteiger partial charge in [-0.25, -0.2) is 14.4 Å². The van der Waals surface area contributed by atoms with Crippen molar-refractivity contribution in [2.24, 2.45) is 0 Å². The van der Waals surface area contributed by atoms with Crippen molar-refractivity contribution in [3.8, 4) is 0 Å². The predicted molar refractivity (Wildman–Crippen MR) is 59.7 cm³/mol. The molecule has 0 aliphatic heterocycles. The van der Waals surface area contributed by atoms with Gasteiger partial charge in [0.1, 0.15) is 6.10 Å². The van der Waals surface area contributed by atoms with Crippen LogP contribution in [0.1, 0.15) is 12.6 Å². The second-order valence-electron chi connectivity index (χ2n) is 2.02. The fourth-order valence-electron chi connectivity index (χ4n) is 0.143. The van der Waals surface area contributed by atoms with E-state index in [1.165, 1.54) is 6.92 Å². The van der Waals surface area contributed by atoms with E-state index in [1.807, 2.05) is 0 Å². The van der Waals surface area contributed by atoms with Crippen LogP contribution >= 0.6 is 0 Å². The summed E-state index contributed by atoms with van der Waals surface area (Å²) in [4.78, 5) is 28.6. The molecular formula is C7H14Ca2O7. The van der Waals surface area contributed by atoms with E-state index in [0.29, 0.717) is 12.2 Å². The second-order valence-corrected chi connectivity index (χ2v) is 2.02. The van der Waals surface area contributed by atoms with Crippen molar-refractivity contribution in [1.29, 1.82) is 0 Å². The molecule has 0 amide bonds. The first-order valence-corrected chi connectivity index (χ1v) is 3.32. The molecule has 0 saturated heterocycles. The van der Waals surface area contributed by atoms with Gasteiger partial charge in [-0.3, -0.25) is 0 Å². The number of hydrogen-bond acceptors (Lipinski definition) is 4. The zero-order valence-electron chi connectivity index (χ0n) is 12.7. The quantitative estimate of drug-likeness (QED) is 0.381. The summed E-state index contributed by atoms with van der Waals surface area (Å²) >= 11 is 0. The first-order chi connectivity index (χ1) is 6.27. The van der Waals surface area contributed by atoms with Crippen LogP contribution in [0, 0.1) is 0 Å². The molecule has 0 saturated carbocycles. The minimum atomic E-state index is -1.26. The monoisotopic (exact) mass is 290 g/mol. The normalized spacial score (nSPS) is 9.88. The van der Waals surface area contributed by atoms with Crippen molar-refractivity contribution in [1.82, 2.24) is 0 Å². The van der Waals surface area contributed by atoms with Crippen molar-refractivity contribution in [3.63, 3.8) is 0 Å². The smallest absolute Gasteiger partial charge is 1.00 e. The molecule has 0 aliphatic carbocycles. The molecule has 0 aromatic rings. The van der Waals surface area contributed by atoms with Gasteiger partial charge in [-0.2, -0.15) is 0 Å². The van der Waals surface area contributed by atoms with E-state index in [2.05, 4.69) is 0 Å². The molecule has 4 N–H and O–H groups in total. The molecule has 0 radical (unpaired) electrons. The van der Waals surface area contributed by atoms with Crippen LogP contribution in [0.3, 0.4) is 0 Å². The van der Waals surface area contributed by atoms with Crippen molar-refractivity contribution in [3.05, 3.63) is 12.2 Å². The summed E-state index contributed by atoms with van der Waals surface area (Å²) in [5.41, 5.74) is 0. The molecule has 0 rings (SSSR count). The van der Waals surface area contributed by atoms with Crippen molar-refractivity contribution < 1.29 is 40.5 Å². The largest absolute Gasteiger partial charge is 2.00 e. The number of hydrogen-bond donors (Lipinski definition) is 4. The molecule has 0 aliphatic rings. The minimum Gasteiger partial charge on any atom is -1.00 e. The Morgan fingerprint density at radius 1 is 1.00 bits per heavy atom. The number of carbonyl (C=O) groups is 3. The van der Waals surface area contributed by atoms with Gasteiger partial charge in [-0.1, -0.05) is 0 Å². The SMILES string of the molecule is CC(O)C(=O)O.O=C(O)C=CC(=O)O.[Ca+2].[Ca+2].[H-].[H-].[H-].[H-]. The van der Waals surface area contributed by atoms with E-state index in [9.17, 15) is 14.4 Å². The van der Waals surface area contributed by atoms with E-state index in [0.717, 1.165) is 0 Å². The third kappa shape index (κ3) is 29.3. The summed E-state index contributed by atoms with van der Waals surface area (Å²) < 4.78 is 0. The van der Waals surface area contributed by atoms with E-state index in [1.54, 1.807) is 0 Å². The first kappa shape index (κ1) is 25.5. The second kappa shape index (κ2) is 15.6. The number of aliphatic hydroxyl groups excluding tert-OH is 1. The van der Waals surface area contributed by atoms with E-state index < -0.39 is 24.0 Å². The van der Waals surface area contributed by atoms with Crippen LogP contribution in [-0.2, 0) is 14.4 Å². The number of aliphatic carboxylic acids is 3. The summed E-state index contributed by atoms with van der Waals surface area (Å²) in [5, 5.41) is 31.4. The molecule has 7 nitrogen and oxygen atoms in total. The van der Waals surface area contributed by atoms with Crippen molar-refractivity contribution in [2.75, 3.05) is 0 Å². The van der Waals surface area contributed by atoms with E-state index >= 15 is 0 Å². The summed E-state index contributed by atoms with van der Waals surface area (Å²) in [6.07, 6.45) is -0.116. The maximum Gasteiger partial charge on any atom is 2.00 e. The Hall–Kier alpha value is 0.629. The standard InChI is InChI=1S/C4H4O4.C3H6O3.2Ca.4H/c5-3(6)1-2-4(7)8;1-2(4)3(5)6;;;;;;/h1-2H,(H,5,6)(H,7,8);2,4H,1H3,(H,5,6);;;;;;/q;;2*+2;4*-1. The Bertz CT molecular complexity index is 248. The van der Waals surface area contributed by atoms with Gasteiger partial charge in [-0.15, -0.1) is 0 Å². The molecule has 0 bridgehead atoms. The maximum absolute atomic E-state index is 9.55. The fraction of sp³-hybridized carbons (Fsp3) is 0.286. The summed E-state index contributed by atoms with van der Waals surface area (Å²) in [6, 6.07) is 0. The average Bonchev–Trinajstić information content (AvgIpc) is 2.01. The number of aliphatic hydroxyl groups is 1. The molecule has 0 fully saturated rings. The summed E-state index contributed by atoms with van der Waals surface area (Å²) in [5.74, 6) is -3.70. The maximum atomic E-state index is 9.55. The molecule has 1 atom stereocenters. The van der Waals surface area contributed by atoms with Gasteiger partial charge in [0.15, 0.2) is 0 Å². The molecule has 88 valence electrons. The topological polar surface area (TPSA) is 132 Å². The Kier molecular flexibility index (Phi) is 24.9. The fourth-order valence-corrected chi connectivity index (χ4v) is 0.143. The minimum absolute atomic E-state index is 0. The first-order valence-electron chi connectivity index (χ1n) is 3.32. The zero-order chi connectivity index (χ0) is 11.7. The molecule has 0 aromatic heterocycles. The molecule has 9 heteroatoms. The van der Waals surface area contributed by atoms with Crippen LogP contribution in [0.4, 0.5) is 0 Å². The van der Waals surface area contributed by atoms with Crippen LogP contribution < -0.4 is 0 Å². The van der Waals surface area contributed by atoms with Crippen LogP contribution in [-0.4, -0.2) is 120 Å². The van der Waals surface area contributed by atoms with Gasteiger partial charge in [0.05, 0.1) is 0 Å². The molecule has 16 heavy (non-hydrogen) atoms. The van der Waals surface area contributed by atoms with E-state index in [4.69, 9.17) is 20.4 Å². The van der Waals surface area contributed by atoms with Crippen molar-refractivity contribution >= 4 is 93.4 Å². The van der Waals surface area contributed by atoms with Crippen LogP contribution in [0.5, 0.6) is 0 Å². The number of rotatable bonds is 3. The Morgan fingerprint density at radius 3 is 1.25 bits per heavy atom. The molecule has 0 heterocycles. The van der Waals surface area contributed by atoms with Gasteiger partial charge >= 0.3 is 93.4 Å². The van der Waals surface area contributed by atoms with Crippen molar-refractivity contribution in [2.45, 2.75) is 13.0 Å². The molecule has 0 aromatic carbocycles. The number of carboxylic acids is 3. The van der Waals surface area contributed by atoms with Gasteiger partial charge in [0, 0.05) is 12.2 Å². The van der Waals surface area contributed by atoms with Crippen LogP contribution in [0.2, 0.25) is 0 Å². The Balaban J connectivity index is -0.0000000188. The average molecular weight is 290 g/mol. The summed E-state index contributed by atoms with van der Waals surface area (Å²) in [7, 11) is 0. The van der Waals surface area contributed by atoms with Crippen LogP contribution in [0.15, 0.2) is 12.2 Å². The molecular weight excluding hydrogens is 276 g/mol. The number of carboxylic acid groups (broad SMARTS) is 3. The Labute approximate surface area is 157 Å². The molecule has 0 spiro atoms. The van der Waals surface area contributed by atoms with Crippen LogP contribution in [0.25, 0.3) is 0 Å². The Morgan fingerprint density at radius 2 is 1.19 bits per heavy atom. The molecule has 1 unspecified atom stereocenters. The zero-order valence-corrected chi connectivity index (χ0v) is 13.1. The predicted octanol–water partition coefficient (Wildman–Crippen LogP) is -1.15. The third-order valence-corrected chi connectivity index (χ3v) is 0.726. The van der Waals surface area contributed by atoms with Gasteiger partial charge in [0.2, 0.25) is 0 Å².